The Morgan fingerprint density at radius 2 is 1.82 bits per heavy atom. The van der Waals surface area contributed by atoms with Crippen LogP contribution in [0.15, 0.2) is 54.6 Å². The number of hydrogen-bond acceptors (Lipinski definition) is 11. The second-order valence-electron chi connectivity index (χ2n) is 18.8. The predicted molar refractivity (Wildman–Crippen MR) is 250 cm³/mol. The van der Waals surface area contributed by atoms with Gasteiger partial charge in [-0.05, 0) is 68.0 Å². The van der Waals surface area contributed by atoms with E-state index in [0.717, 1.165) is 0 Å². The van der Waals surface area contributed by atoms with E-state index in [1.807, 2.05) is 19.9 Å². The summed E-state index contributed by atoms with van der Waals surface area (Å²) in [5.74, 6) is -2.31. The number of urea groups is 1. The molecule has 3 aliphatic rings. The normalized spacial score (nSPS) is 20.1. The largest absolute Gasteiger partial charge is 0.464 e. The fourth-order valence-corrected chi connectivity index (χ4v) is 10.2. The SMILES string of the molecule is C=CC(=O)N1CCN(C(=O)N(C)C(C(=O)N[C@H]2Cc3nc(cs3)-c3ccc4c(c3)c(c(-c3cccnc3[C@H](C)OC)n4CC(F)(F)F)CC(C)(C)COC(=O)[C@@H]3CCCN(N3)C2=O)C(C)C)CC1. The Morgan fingerprint density at radius 1 is 1.10 bits per heavy atom. The number of amides is 5. The van der Waals surface area contributed by atoms with E-state index in [1.165, 1.54) is 46.0 Å². The van der Waals surface area contributed by atoms with Crippen molar-refractivity contribution in [2.24, 2.45) is 11.3 Å². The zero-order valence-corrected chi connectivity index (χ0v) is 40.3. The van der Waals surface area contributed by atoms with Gasteiger partial charge in [0.1, 0.15) is 24.7 Å². The van der Waals surface area contributed by atoms with Gasteiger partial charge in [-0.3, -0.25) is 29.2 Å². The molecule has 1 unspecified atom stereocenters. The van der Waals surface area contributed by atoms with Crippen LogP contribution in [0.4, 0.5) is 18.0 Å². The van der Waals surface area contributed by atoms with E-state index < -0.39 is 66.2 Å². The second kappa shape index (κ2) is 20.4. The molecule has 3 aromatic heterocycles. The average Bonchev–Trinajstić information content (AvgIpc) is 3.90. The van der Waals surface area contributed by atoms with Crippen LogP contribution in [0.5, 0.6) is 0 Å². The van der Waals surface area contributed by atoms with Crippen molar-refractivity contribution >= 4 is 52.0 Å². The molecule has 366 valence electrons. The number of carbonyl (C=O) groups is 5. The number of nitrogens with one attached hydrogen (secondary N) is 2. The lowest BCUT2D eigenvalue weighted by atomic mass is 9.84. The smallest absolute Gasteiger partial charge is 0.406 e. The van der Waals surface area contributed by atoms with Crippen molar-refractivity contribution < 1.29 is 46.6 Å². The molecule has 3 aliphatic heterocycles. The Hall–Kier alpha value is -5.86. The number of fused-ring (bicyclic) bond motifs is 6. The monoisotopic (exact) mass is 963 g/mol. The summed E-state index contributed by atoms with van der Waals surface area (Å²) in [5.41, 5.74) is 5.56. The molecule has 4 aromatic rings. The number of alkyl halides is 3. The first kappa shape index (κ1) is 50.0. The Morgan fingerprint density at radius 3 is 2.50 bits per heavy atom. The van der Waals surface area contributed by atoms with E-state index in [-0.39, 0.29) is 50.9 Å². The van der Waals surface area contributed by atoms with Crippen molar-refractivity contribution in [3.05, 3.63) is 70.8 Å². The van der Waals surface area contributed by atoms with Crippen LogP contribution < -0.4 is 10.7 Å². The summed E-state index contributed by atoms with van der Waals surface area (Å²) in [6.45, 7) is 12.7. The van der Waals surface area contributed by atoms with Crippen molar-refractivity contribution in [2.75, 3.05) is 53.5 Å². The van der Waals surface area contributed by atoms with Crippen LogP contribution >= 0.6 is 11.3 Å². The van der Waals surface area contributed by atoms with Gasteiger partial charge in [-0.15, -0.1) is 11.3 Å². The highest BCUT2D eigenvalue weighted by Crippen LogP contribution is 2.43. The molecule has 4 atom stereocenters. The lowest BCUT2D eigenvalue weighted by molar-refractivity contribution is -0.155. The molecule has 6 bridgehead atoms. The molecule has 0 saturated carbocycles. The molecular formula is C48H60F3N9O7S. The number of nitrogens with zero attached hydrogens (tertiary/aromatic N) is 7. The van der Waals surface area contributed by atoms with Crippen LogP contribution in [0.2, 0.25) is 0 Å². The summed E-state index contributed by atoms with van der Waals surface area (Å²) in [7, 11) is 3.05. The summed E-state index contributed by atoms with van der Waals surface area (Å²) in [6.07, 6.45) is -1.40. The topological polar surface area (TPSA) is 172 Å². The fourth-order valence-electron chi connectivity index (χ4n) is 9.35. The number of esters is 1. The van der Waals surface area contributed by atoms with Crippen LogP contribution in [-0.2, 0) is 48.0 Å². The number of benzene rings is 1. The third-order valence-electron chi connectivity index (χ3n) is 12.8. The summed E-state index contributed by atoms with van der Waals surface area (Å²) in [5, 5.41) is 7.10. The highest BCUT2D eigenvalue weighted by Gasteiger charge is 2.40. The fraction of sp³-hybridized carbons (Fsp3) is 0.521. The minimum Gasteiger partial charge on any atom is -0.464 e. The van der Waals surface area contributed by atoms with E-state index >= 15 is 0 Å². The Kier molecular flexibility index (Phi) is 15.0. The molecule has 0 radical (unpaired) electrons. The molecule has 7 rings (SSSR count). The number of likely N-dealkylation sites (N-methyl/N-ethyl adjacent to an activating group) is 1. The van der Waals surface area contributed by atoms with Gasteiger partial charge in [0.2, 0.25) is 11.8 Å². The van der Waals surface area contributed by atoms with Gasteiger partial charge < -0.3 is 34.1 Å². The molecular weight excluding hydrogens is 904 g/mol. The number of rotatable bonds is 9. The van der Waals surface area contributed by atoms with Crippen LogP contribution in [0.3, 0.4) is 0 Å². The van der Waals surface area contributed by atoms with Crippen molar-refractivity contribution in [3.63, 3.8) is 0 Å². The number of hydrogen-bond donors (Lipinski definition) is 2. The van der Waals surface area contributed by atoms with E-state index in [0.29, 0.717) is 75.6 Å². The number of pyridine rings is 1. The van der Waals surface area contributed by atoms with E-state index in [2.05, 4.69) is 22.3 Å². The highest BCUT2D eigenvalue weighted by atomic mass is 32.1. The Bertz CT molecular complexity index is 2550. The molecule has 1 aromatic carbocycles. The van der Waals surface area contributed by atoms with Crippen LogP contribution in [0.1, 0.15) is 69.8 Å². The molecule has 68 heavy (non-hydrogen) atoms. The quantitative estimate of drug-likeness (QED) is 0.147. The average molecular weight is 964 g/mol. The lowest BCUT2D eigenvalue weighted by Gasteiger charge is -2.39. The van der Waals surface area contributed by atoms with Gasteiger partial charge in [-0.25, -0.2) is 15.2 Å². The Labute approximate surface area is 397 Å². The molecule has 0 spiro atoms. The molecule has 16 nitrogen and oxygen atoms in total. The number of halogens is 3. The second-order valence-corrected chi connectivity index (χ2v) is 19.8. The van der Waals surface area contributed by atoms with Gasteiger partial charge in [0.25, 0.3) is 5.91 Å². The number of cyclic esters (lactones) is 1. The summed E-state index contributed by atoms with van der Waals surface area (Å²) >= 11 is 1.26. The Balaban J connectivity index is 1.28. The maximum Gasteiger partial charge on any atom is 0.406 e. The molecule has 6 heterocycles. The number of hydrazine groups is 1. The minimum atomic E-state index is -4.60. The van der Waals surface area contributed by atoms with Crippen molar-refractivity contribution in [1.82, 2.24) is 45.0 Å². The third kappa shape index (κ3) is 10.9. The third-order valence-corrected chi connectivity index (χ3v) is 13.7. The first-order valence-corrected chi connectivity index (χ1v) is 23.7. The minimum absolute atomic E-state index is 0.0560. The maximum absolute atomic E-state index is 14.6. The van der Waals surface area contributed by atoms with E-state index in [4.69, 9.17) is 14.5 Å². The van der Waals surface area contributed by atoms with Crippen LogP contribution in [0, 0.1) is 11.3 Å². The summed E-state index contributed by atoms with van der Waals surface area (Å²) in [4.78, 5) is 83.0. The summed E-state index contributed by atoms with van der Waals surface area (Å²) in [6, 6.07) is 5.10. The number of ether oxygens (including phenoxy) is 2. The van der Waals surface area contributed by atoms with Crippen molar-refractivity contribution in [1.29, 1.82) is 0 Å². The zero-order valence-electron chi connectivity index (χ0n) is 39.5. The standard InChI is InChI=1S/C48H60F3N9O7S/c1-9-39(61)57-18-20-58(21-19-57)46(65)56(7)41(28(2)3)43(62)54-35-23-38-53-36(25-68-38)30-14-15-37-32(22-30)33(24-47(5,6)27-67-45(64)34-13-11-17-60(55-34)44(35)63)42(59(37)26-48(49,50)51)31-12-10-16-52-40(31)29(4)66-8/h9-10,12,14-16,22,25,28-29,34-35,41,55H,1,11,13,17-21,23-24,26-27H2,2-8H3,(H,54,62)/t29-,34-,35-,41?/m0/s1. The van der Waals surface area contributed by atoms with Crippen molar-refractivity contribution in [3.8, 4) is 22.5 Å². The number of carbonyl (C=O) groups excluding carboxylic acids is 5. The molecule has 20 heteroatoms. The van der Waals surface area contributed by atoms with Gasteiger partial charge in [0, 0.05) is 92.3 Å². The molecule has 0 aliphatic carbocycles. The summed E-state index contributed by atoms with van der Waals surface area (Å²) < 4.78 is 56.8. The van der Waals surface area contributed by atoms with Crippen LogP contribution in [0.25, 0.3) is 33.4 Å². The number of methoxy groups -OCH3 is 1. The first-order valence-electron chi connectivity index (χ1n) is 22.8. The number of piperazine rings is 1. The zero-order chi connectivity index (χ0) is 49.2. The maximum atomic E-state index is 14.6. The number of aromatic nitrogens is 3. The van der Waals surface area contributed by atoms with E-state index in [9.17, 15) is 37.1 Å². The van der Waals surface area contributed by atoms with E-state index in [1.54, 1.807) is 66.4 Å². The molecule has 2 N–H and O–H groups in total. The number of thiazole rings is 1. The molecule has 2 fully saturated rings. The van der Waals surface area contributed by atoms with Gasteiger partial charge in [-0.2, -0.15) is 13.2 Å². The van der Waals surface area contributed by atoms with Gasteiger partial charge in [0.05, 0.1) is 34.8 Å². The molecule has 2 saturated heterocycles. The predicted octanol–water partition coefficient (Wildman–Crippen LogP) is 6.15. The molecule has 5 amide bonds. The van der Waals surface area contributed by atoms with Gasteiger partial charge in [-0.1, -0.05) is 40.3 Å². The van der Waals surface area contributed by atoms with Gasteiger partial charge in [0.15, 0.2) is 0 Å². The lowest BCUT2D eigenvalue weighted by Crippen LogP contribution is -2.63. The van der Waals surface area contributed by atoms with Crippen molar-refractivity contribution in [2.45, 2.75) is 97.3 Å². The van der Waals surface area contributed by atoms with Crippen LogP contribution in [-0.4, -0.2) is 142 Å². The first-order chi connectivity index (χ1) is 32.2. The van der Waals surface area contributed by atoms with Gasteiger partial charge >= 0.3 is 18.2 Å². The highest BCUT2D eigenvalue weighted by molar-refractivity contribution is 7.10.